The fourth-order valence-corrected chi connectivity index (χ4v) is 3.29. The van der Waals surface area contributed by atoms with E-state index in [1.807, 2.05) is 29.6 Å². The predicted octanol–water partition coefficient (Wildman–Crippen LogP) is 2.97. The van der Waals surface area contributed by atoms with Gasteiger partial charge >= 0.3 is 0 Å². The van der Waals surface area contributed by atoms with Gasteiger partial charge in [0, 0.05) is 17.4 Å². The molecule has 2 unspecified atom stereocenters. The maximum absolute atomic E-state index is 10.8. The standard InChI is InChI=1S/C14H16O3S2/c1-9(15)18-7-5-12(16)14(17)11-2-3-13-10(8-11)4-6-19-13/h2-4,6,8,12,14,16-17H,5,7H2,1H3. The number of fused-ring (bicyclic) bond motifs is 1. The largest absolute Gasteiger partial charge is 0.390 e. The van der Waals surface area contributed by atoms with Gasteiger partial charge in [0.15, 0.2) is 5.12 Å². The molecule has 0 radical (unpaired) electrons. The van der Waals surface area contributed by atoms with Gasteiger partial charge in [0.05, 0.1) is 6.10 Å². The maximum atomic E-state index is 10.8. The van der Waals surface area contributed by atoms with Gasteiger partial charge in [-0.3, -0.25) is 4.79 Å². The molecule has 3 nitrogen and oxygen atoms in total. The number of thiophene rings is 1. The van der Waals surface area contributed by atoms with Crippen molar-refractivity contribution < 1.29 is 15.0 Å². The summed E-state index contributed by atoms with van der Waals surface area (Å²) in [5.74, 6) is 0.522. The molecular formula is C14H16O3S2. The lowest BCUT2D eigenvalue weighted by molar-refractivity contribution is -0.109. The van der Waals surface area contributed by atoms with Gasteiger partial charge in [0.25, 0.3) is 0 Å². The van der Waals surface area contributed by atoms with E-state index in [9.17, 15) is 15.0 Å². The summed E-state index contributed by atoms with van der Waals surface area (Å²) in [5, 5.41) is 23.2. The van der Waals surface area contributed by atoms with Crippen molar-refractivity contribution in [3.8, 4) is 0 Å². The zero-order chi connectivity index (χ0) is 13.8. The van der Waals surface area contributed by atoms with Crippen LogP contribution < -0.4 is 0 Å². The molecule has 2 N–H and O–H groups in total. The first-order valence-corrected chi connectivity index (χ1v) is 7.91. The Morgan fingerprint density at radius 1 is 1.37 bits per heavy atom. The minimum atomic E-state index is -0.906. The number of aliphatic hydroxyl groups is 2. The normalized spacial score (nSPS) is 14.5. The van der Waals surface area contributed by atoms with E-state index in [2.05, 4.69) is 0 Å². The van der Waals surface area contributed by atoms with Gasteiger partial charge < -0.3 is 10.2 Å². The monoisotopic (exact) mass is 296 g/mol. The smallest absolute Gasteiger partial charge is 0.185 e. The topological polar surface area (TPSA) is 57.5 Å². The number of hydrogen-bond donors (Lipinski definition) is 2. The van der Waals surface area contributed by atoms with Crippen molar-refractivity contribution in [3.63, 3.8) is 0 Å². The van der Waals surface area contributed by atoms with Crippen LogP contribution in [-0.4, -0.2) is 27.2 Å². The molecule has 19 heavy (non-hydrogen) atoms. The van der Waals surface area contributed by atoms with Crippen LogP contribution in [0, 0.1) is 0 Å². The van der Waals surface area contributed by atoms with E-state index >= 15 is 0 Å². The summed E-state index contributed by atoms with van der Waals surface area (Å²) >= 11 is 2.82. The van der Waals surface area contributed by atoms with Crippen LogP contribution in [0.4, 0.5) is 0 Å². The quantitative estimate of drug-likeness (QED) is 0.890. The number of rotatable bonds is 5. The van der Waals surface area contributed by atoms with Crippen LogP contribution >= 0.6 is 23.1 Å². The van der Waals surface area contributed by atoms with Gasteiger partial charge in [-0.05, 0) is 40.9 Å². The molecule has 0 bridgehead atoms. The molecule has 1 aromatic heterocycles. The minimum absolute atomic E-state index is 0.0291. The van der Waals surface area contributed by atoms with Crippen molar-refractivity contribution in [2.45, 2.75) is 25.6 Å². The van der Waals surface area contributed by atoms with Crippen LogP contribution in [-0.2, 0) is 4.79 Å². The number of benzene rings is 1. The zero-order valence-corrected chi connectivity index (χ0v) is 12.2. The molecule has 2 rings (SSSR count). The molecule has 0 aliphatic heterocycles. The summed E-state index contributed by atoms with van der Waals surface area (Å²) < 4.78 is 1.16. The van der Waals surface area contributed by atoms with Crippen LogP contribution in [0.15, 0.2) is 29.6 Å². The van der Waals surface area contributed by atoms with Crippen molar-refractivity contribution in [2.24, 2.45) is 0 Å². The third-order valence-electron chi connectivity index (χ3n) is 2.90. The second-order valence-electron chi connectivity index (χ2n) is 4.36. The highest BCUT2D eigenvalue weighted by Crippen LogP contribution is 2.27. The third-order valence-corrected chi connectivity index (χ3v) is 4.65. The molecule has 0 saturated heterocycles. The first-order chi connectivity index (χ1) is 9.08. The summed E-state index contributed by atoms with van der Waals surface area (Å²) in [6.45, 7) is 1.50. The molecule has 0 amide bonds. The van der Waals surface area contributed by atoms with Crippen molar-refractivity contribution in [1.82, 2.24) is 0 Å². The number of aliphatic hydroxyl groups excluding tert-OH is 2. The molecule has 0 saturated carbocycles. The Morgan fingerprint density at radius 2 is 2.16 bits per heavy atom. The number of carbonyl (C=O) groups is 1. The molecule has 1 heterocycles. The fourth-order valence-electron chi connectivity index (χ4n) is 1.87. The Bertz CT molecular complexity index is 565. The molecule has 0 fully saturated rings. The Morgan fingerprint density at radius 3 is 2.89 bits per heavy atom. The Kier molecular flexibility index (Phi) is 4.99. The molecular weight excluding hydrogens is 280 g/mol. The molecule has 102 valence electrons. The molecule has 2 aromatic rings. The summed E-state index contributed by atoms with van der Waals surface area (Å²) in [5.41, 5.74) is 0.714. The Labute approximate surface area is 120 Å². The van der Waals surface area contributed by atoms with Gasteiger partial charge in [-0.1, -0.05) is 17.8 Å². The van der Waals surface area contributed by atoms with Crippen molar-refractivity contribution in [2.75, 3.05) is 5.75 Å². The number of carbonyl (C=O) groups excluding carboxylic acids is 1. The van der Waals surface area contributed by atoms with Crippen LogP contribution in [0.3, 0.4) is 0 Å². The van der Waals surface area contributed by atoms with E-state index in [0.717, 1.165) is 10.1 Å². The van der Waals surface area contributed by atoms with Crippen molar-refractivity contribution in [1.29, 1.82) is 0 Å². The highest BCUT2D eigenvalue weighted by Gasteiger charge is 2.18. The van der Waals surface area contributed by atoms with E-state index in [1.54, 1.807) is 11.3 Å². The molecule has 0 spiro atoms. The number of thioether (sulfide) groups is 1. The van der Waals surface area contributed by atoms with E-state index in [1.165, 1.54) is 18.7 Å². The molecule has 5 heteroatoms. The summed E-state index contributed by atoms with van der Waals surface area (Å²) in [7, 11) is 0. The van der Waals surface area contributed by atoms with Crippen LogP contribution in [0.1, 0.15) is 25.0 Å². The SMILES string of the molecule is CC(=O)SCCC(O)C(O)c1ccc2sccc2c1. The highest BCUT2D eigenvalue weighted by atomic mass is 32.2. The van der Waals surface area contributed by atoms with Gasteiger partial charge in [-0.25, -0.2) is 0 Å². The Balaban J connectivity index is 2.01. The van der Waals surface area contributed by atoms with Crippen LogP contribution in [0.25, 0.3) is 10.1 Å². The minimum Gasteiger partial charge on any atom is -0.390 e. The zero-order valence-electron chi connectivity index (χ0n) is 10.6. The van der Waals surface area contributed by atoms with Gasteiger partial charge in [0.1, 0.15) is 6.10 Å². The average Bonchev–Trinajstić information content (AvgIpc) is 2.84. The van der Waals surface area contributed by atoms with E-state index in [0.29, 0.717) is 17.7 Å². The van der Waals surface area contributed by atoms with Gasteiger partial charge in [-0.15, -0.1) is 11.3 Å². The van der Waals surface area contributed by atoms with Crippen LogP contribution in [0.2, 0.25) is 0 Å². The molecule has 0 aliphatic rings. The maximum Gasteiger partial charge on any atom is 0.185 e. The van der Waals surface area contributed by atoms with Crippen molar-refractivity contribution >= 4 is 38.3 Å². The average molecular weight is 296 g/mol. The third kappa shape index (κ3) is 3.79. The summed E-state index contributed by atoms with van der Waals surface area (Å²) in [4.78, 5) is 10.8. The molecule has 0 aliphatic carbocycles. The lowest BCUT2D eigenvalue weighted by Crippen LogP contribution is -2.19. The second kappa shape index (κ2) is 6.52. The predicted molar refractivity (Wildman–Crippen MR) is 80.5 cm³/mol. The van der Waals surface area contributed by atoms with E-state index < -0.39 is 12.2 Å². The molecule has 2 atom stereocenters. The molecule has 1 aromatic carbocycles. The first kappa shape index (κ1) is 14.5. The second-order valence-corrected chi connectivity index (χ2v) is 6.58. The Hall–Kier alpha value is -0.880. The van der Waals surface area contributed by atoms with E-state index in [4.69, 9.17) is 0 Å². The first-order valence-electron chi connectivity index (χ1n) is 6.04. The summed E-state index contributed by atoms with van der Waals surface area (Å²) in [6.07, 6.45) is -1.35. The van der Waals surface area contributed by atoms with Gasteiger partial charge in [0.2, 0.25) is 0 Å². The van der Waals surface area contributed by atoms with Gasteiger partial charge in [-0.2, -0.15) is 0 Å². The van der Waals surface area contributed by atoms with E-state index in [-0.39, 0.29) is 5.12 Å². The van der Waals surface area contributed by atoms with Crippen LogP contribution in [0.5, 0.6) is 0 Å². The van der Waals surface area contributed by atoms with Crippen molar-refractivity contribution in [3.05, 3.63) is 35.2 Å². The lowest BCUT2D eigenvalue weighted by Gasteiger charge is -2.17. The lowest BCUT2D eigenvalue weighted by atomic mass is 10.0. The number of hydrogen-bond acceptors (Lipinski definition) is 5. The summed E-state index contributed by atoms with van der Waals surface area (Å²) in [6, 6.07) is 7.69. The fraction of sp³-hybridized carbons (Fsp3) is 0.357. The highest BCUT2D eigenvalue weighted by molar-refractivity contribution is 8.13.